The van der Waals surface area contributed by atoms with E-state index in [1.165, 1.54) is 36.1 Å². The van der Waals surface area contributed by atoms with E-state index in [-0.39, 0.29) is 24.4 Å². The molecule has 6 rings (SSSR count). The molecule has 0 aliphatic carbocycles. The molecule has 6 nitrogen and oxygen atoms in total. The fraction of sp³-hybridized carbons (Fsp3) is 0.355. The molecule has 2 amide bonds. The van der Waals surface area contributed by atoms with Crippen LogP contribution in [0.3, 0.4) is 0 Å². The Hall–Kier alpha value is -3.43. The van der Waals surface area contributed by atoms with Gasteiger partial charge in [0.25, 0.3) is 0 Å². The maximum Gasteiger partial charge on any atom is 0.415 e. The van der Waals surface area contributed by atoms with Crippen molar-refractivity contribution in [2.45, 2.75) is 37.3 Å². The third kappa shape index (κ3) is 7.01. The highest BCUT2D eigenvalue weighted by Gasteiger charge is 2.47. The number of ether oxygens (including phenoxy) is 1. The third-order valence-corrected chi connectivity index (χ3v) is 8.89. The molecule has 1 atom stereocenters. The summed E-state index contributed by atoms with van der Waals surface area (Å²) in [5.74, 6) is 0.367. The number of nitrogens with one attached hydrogen (secondary N) is 1. The van der Waals surface area contributed by atoms with Gasteiger partial charge < -0.3 is 14.5 Å². The number of piperidine rings is 3. The van der Waals surface area contributed by atoms with Crippen LogP contribution in [0.1, 0.15) is 25.3 Å². The Labute approximate surface area is 237 Å². The molecule has 0 radical (unpaired) electrons. The molecule has 3 aromatic rings. The van der Waals surface area contributed by atoms with E-state index in [9.17, 15) is 18.4 Å². The van der Waals surface area contributed by atoms with Crippen LogP contribution in [0.4, 0.5) is 25.0 Å². The molecule has 0 saturated carbocycles. The average molecular weight is 567 g/mol. The predicted molar refractivity (Wildman–Crippen MR) is 153 cm³/mol. The zero-order valence-corrected chi connectivity index (χ0v) is 23.3. The summed E-state index contributed by atoms with van der Waals surface area (Å²) in [7, 11) is 0. The highest BCUT2D eigenvalue weighted by atomic mass is 32.2. The van der Waals surface area contributed by atoms with Crippen LogP contribution in [0.5, 0.6) is 0 Å². The van der Waals surface area contributed by atoms with Gasteiger partial charge in [0.2, 0.25) is 5.91 Å². The summed E-state index contributed by atoms with van der Waals surface area (Å²) in [6.07, 6.45) is 1.29. The molecule has 2 bridgehead atoms. The van der Waals surface area contributed by atoms with Gasteiger partial charge in [-0.05, 0) is 60.2 Å². The molecular weight excluding hydrogens is 532 g/mol. The summed E-state index contributed by atoms with van der Waals surface area (Å²) >= 11 is 1.79. The van der Waals surface area contributed by atoms with Crippen LogP contribution in [0.2, 0.25) is 0 Å². The highest BCUT2D eigenvalue weighted by Crippen LogP contribution is 2.37. The number of halogens is 2. The number of amides is 2. The zero-order chi connectivity index (χ0) is 28.1. The first kappa shape index (κ1) is 28.1. The molecule has 3 heterocycles. The van der Waals surface area contributed by atoms with E-state index >= 15 is 0 Å². The fourth-order valence-electron chi connectivity index (χ4n) is 5.73. The summed E-state index contributed by atoms with van der Waals surface area (Å²) in [6, 6.07) is 19.7. The van der Waals surface area contributed by atoms with Crippen LogP contribution in [0, 0.1) is 17.6 Å². The Kier molecular flexibility index (Phi) is 8.71. The lowest BCUT2D eigenvalue weighted by Crippen LogP contribution is -2.65. The molecule has 9 heteroatoms. The van der Waals surface area contributed by atoms with Crippen LogP contribution < -0.4 is 10.2 Å². The monoisotopic (exact) mass is 566 g/mol. The van der Waals surface area contributed by atoms with Crippen LogP contribution in [-0.4, -0.2) is 54.5 Å². The normalized spacial score (nSPS) is 21.6. The summed E-state index contributed by atoms with van der Waals surface area (Å²) < 4.78 is 34.6. The standard InChI is InChI=1S/C31H33F2N3O3S/c1-22(37)34-27-9-11-29(12-10-27)40-18-17-36-15-13-24(14-16-36)30(21-36)39-31(38)35(28-4-2-3-26(33)19-28)20-23-5-7-25(32)8-6-23/h2-12,19,24,30H,13-18,20-21H2,1H3/p+1. The van der Waals surface area contributed by atoms with E-state index in [4.69, 9.17) is 4.74 Å². The first-order valence-corrected chi connectivity index (χ1v) is 14.6. The number of anilines is 2. The molecule has 3 aromatic carbocycles. The first-order valence-electron chi connectivity index (χ1n) is 13.6. The van der Waals surface area contributed by atoms with E-state index in [1.807, 2.05) is 24.3 Å². The molecule has 40 heavy (non-hydrogen) atoms. The van der Waals surface area contributed by atoms with Gasteiger partial charge >= 0.3 is 6.09 Å². The van der Waals surface area contributed by atoms with E-state index < -0.39 is 11.9 Å². The van der Waals surface area contributed by atoms with Crippen LogP contribution in [0.15, 0.2) is 77.7 Å². The Morgan fingerprint density at radius 1 is 1.00 bits per heavy atom. The number of carbonyl (C=O) groups excluding carboxylic acids is 2. The van der Waals surface area contributed by atoms with Gasteiger partial charge in [-0.15, -0.1) is 11.8 Å². The molecule has 210 valence electrons. The number of rotatable bonds is 9. The van der Waals surface area contributed by atoms with E-state index in [2.05, 4.69) is 5.32 Å². The SMILES string of the molecule is CC(=O)Nc1ccc(SCC[N+]23CCC(CC2)C(OC(=O)N(Cc2ccc(F)cc2)c2cccc(F)c2)C3)cc1. The maximum absolute atomic E-state index is 14.1. The topological polar surface area (TPSA) is 58.6 Å². The van der Waals surface area contributed by atoms with Crippen molar-refractivity contribution in [2.75, 3.05) is 42.1 Å². The number of hydrogen-bond donors (Lipinski definition) is 1. The van der Waals surface area contributed by atoms with Gasteiger partial charge in [0, 0.05) is 42.0 Å². The average Bonchev–Trinajstić information content (AvgIpc) is 2.94. The van der Waals surface area contributed by atoms with E-state index in [0.29, 0.717) is 11.6 Å². The molecule has 3 aliphatic rings. The maximum atomic E-state index is 14.1. The molecule has 0 aromatic heterocycles. The number of carbonyl (C=O) groups is 2. The molecule has 0 spiro atoms. The minimum atomic E-state index is -0.513. The number of benzene rings is 3. The number of thioether (sulfide) groups is 1. The smallest absolute Gasteiger partial charge is 0.415 e. The van der Waals surface area contributed by atoms with Crippen molar-refractivity contribution in [3.05, 3.63) is 90.0 Å². The van der Waals surface area contributed by atoms with Crippen molar-refractivity contribution in [3.63, 3.8) is 0 Å². The second kappa shape index (κ2) is 12.4. The van der Waals surface area contributed by atoms with Crippen molar-refractivity contribution < 1.29 is 27.6 Å². The van der Waals surface area contributed by atoms with Gasteiger partial charge in [0.1, 0.15) is 18.2 Å². The van der Waals surface area contributed by atoms with Gasteiger partial charge in [0.05, 0.1) is 31.9 Å². The van der Waals surface area contributed by atoms with Gasteiger partial charge in [-0.2, -0.15) is 0 Å². The van der Waals surface area contributed by atoms with E-state index in [0.717, 1.165) is 65.4 Å². The third-order valence-electron chi connectivity index (χ3n) is 7.90. The lowest BCUT2D eigenvalue weighted by atomic mass is 9.83. The second-order valence-electron chi connectivity index (χ2n) is 10.7. The quantitative estimate of drug-likeness (QED) is 0.238. The number of quaternary nitrogens is 1. The minimum Gasteiger partial charge on any atom is -0.440 e. The van der Waals surface area contributed by atoms with Crippen molar-refractivity contribution in [1.29, 1.82) is 0 Å². The largest absolute Gasteiger partial charge is 0.440 e. The molecule has 3 aliphatic heterocycles. The number of hydrogen-bond acceptors (Lipinski definition) is 4. The summed E-state index contributed by atoms with van der Waals surface area (Å²) in [4.78, 5) is 27.4. The summed E-state index contributed by atoms with van der Waals surface area (Å²) in [6.45, 7) is 5.53. The van der Waals surface area contributed by atoms with Crippen molar-refractivity contribution in [2.24, 2.45) is 5.92 Å². The zero-order valence-electron chi connectivity index (χ0n) is 22.5. The molecule has 3 fully saturated rings. The Bertz CT molecular complexity index is 1330. The van der Waals surface area contributed by atoms with Gasteiger partial charge in [0.15, 0.2) is 6.10 Å². The van der Waals surface area contributed by atoms with Gasteiger partial charge in [-0.3, -0.25) is 9.69 Å². The Morgan fingerprint density at radius 2 is 1.73 bits per heavy atom. The molecule has 3 saturated heterocycles. The van der Waals surface area contributed by atoms with E-state index in [1.54, 1.807) is 36.0 Å². The second-order valence-corrected chi connectivity index (χ2v) is 11.9. The van der Waals surface area contributed by atoms with Gasteiger partial charge in [-0.1, -0.05) is 18.2 Å². The van der Waals surface area contributed by atoms with Crippen molar-refractivity contribution in [1.82, 2.24) is 0 Å². The predicted octanol–water partition coefficient (Wildman–Crippen LogP) is 6.47. The number of nitrogens with zero attached hydrogens (tertiary/aromatic N) is 2. The molecular formula is C31H34F2N3O3S+. The summed E-state index contributed by atoms with van der Waals surface area (Å²) in [5, 5.41) is 2.79. The lowest BCUT2D eigenvalue weighted by molar-refractivity contribution is -0.943. The van der Waals surface area contributed by atoms with Gasteiger partial charge in [-0.25, -0.2) is 13.6 Å². The molecule has 1 N–H and O–H groups in total. The Morgan fingerprint density at radius 3 is 2.40 bits per heavy atom. The van der Waals surface area contributed by atoms with Crippen LogP contribution in [-0.2, 0) is 16.1 Å². The highest BCUT2D eigenvalue weighted by molar-refractivity contribution is 7.99. The minimum absolute atomic E-state index is 0.0885. The molecule has 1 unspecified atom stereocenters. The Balaban J connectivity index is 1.22. The first-order chi connectivity index (χ1) is 19.3. The van der Waals surface area contributed by atoms with Crippen LogP contribution >= 0.6 is 11.8 Å². The fourth-order valence-corrected chi connectivity index (χ4v) is 6.78. The lowest BCUT2D eigenvalue weighted by Gasteiger charge is -2.52. The van der Waals surface area contributed by atoms with Crippen molar-refractivity contribution >= 4 is 35.1 Å². The summed E-state index contributed by atoms with van der Waals surface area (Å²) in [5.41, 5.74) is 1.91. The van der Waals surface area contributed by atoms with Crippen molar-refractivity contribution in [3.8, 4) is 0 Å². The van der Waals surface area contributed by atoms with Crippen LogP contribution in [0.25, 0.3) is 0 Å². The number of fused-ring (bicyclic) bond motifs is 3.